The number of ether oxygens (including phenoxy) is 1. The summed E-state index contributed by atoms with van der Waals surface area (Å²) in [6, 6.07) is 13.8. The standard InChI is InChI=1S/C27H21N5O3/c1-13-23(15(3)35-32-13)19-11-21-18(12-22(19)34-4)24-25(30-26(14(2)33)31-27(24)29-21)17-9-10-28-20-8-6-5-7-16(17)20/h5-12H,1-4H3,(H,29,30,31). The first-order valence-electron chi connectivity index (χ1n) is 11.2. The highest BCUT2D eigenvalue weighted by Gasteiger charge is 2.22. The lowest BCUT2D eigenvalue weighted by Gasteiger charge is -2.10. The van der Waals surface area contributed by atoms with E-state index in [0.29, 0.717) is 22.9 Å². The van der Waals surface area contributed by atoms with Gasteiger partial charge in [0.25, 0.3) is 0 Å². The van der Waals surface area contributed by atoms with Gasteiger partial charge in [-0.05, 0) is 38.1 Å². The van der Waals surface area contributed by atoms with Crippen LogP contribution in [0, 0.1) is 13.8 Å². The number of aromatic amines is 1. The van der Waals surface area contributed by atoms with Crippen molar-refractivity contribution in [3.63, 3.8) is 0 Å². The van der Waals surface area contributed by atoms with Gasteiger partial charge in [-0.1, -0.05) is 23.4 Å². The van der Waals surface area contributed by atoms with Crippen molar-refractivity contribution >= 4 is 38.6 Å². The van der Waals surface area contributed by atoms with E-state index in [9.17, 15) is 4.79 Å². The van der Waals surface area contributed by atoms with Crippen LogP contribution in [-0.2, 0) is 0 Å². The van der Waals surface area contributed by atoms with Crippen molar-refractivity contribution in [1.29, 1.82) is 0 Å². The third-order valence-corrected chi connectivity index (χ3v) is 6.29. The van der Waals surface area contributed by atoms with Gasteiger partial charge in [-0.15, -0.1) is 0 Å². The summed E-state index contributed by atoms with van der Waals surface area (Å²) in [5.74, 6) is 1.32. The number of benzene rings is 2. The van der Waals surface area contributed by atoms with E-state index in [1.165, 1.54) is 6.92 Å². The highest BCUT2D eigenvalue weighted by atomic mass is 16.5. The Bertz CT molecular complexity index is 1770. The van der Waals surface area contributed by atoms with E-state index < -0.39 is 0 Å². The first kappa shape index (κ1) is 21.0. The highest BCUT2D eigenvalue weighted by Crippen LogP contribution is 2.42. The van der Waals surface area contributed by atoms with Crippen LogP contribution < -0.4 is 4.74 Å². The molecule has 0 fully saturated rings. The Kier molecular flexibility index (Phi) is 4.63. The Morgan fingerprint density at radius 2 is 1.86 bits per heavy atom. The number of nitrogens with zero attached hydrogens (tertiary/aromatic N) is 4. The number of H-pyrrole nitrogens is 1. The molecule has 4 aromatic heterocycles. The molecule has 0 amide bonds. The average molecular weight is 463 g/mol. The zero-order valence-corrected chi connectivity index (χ0v) is 19.6. The van der Waals surface area contributed by atoms with E-state index in [0.717, 1.165) is 49.6 Å². The van der Waals surface area contributed by atoms with Crippen LogP contribution in [-0.4, -0.2) is 38.0 Å². The first-order chi connectivity index (χ1) is 17.0. The molecule has 0 bridgehead atoms. The number of Topliss-reactive ketones (excluding diaryl/α,β-unsaturated/α-hetero) is 1. The van der Waals surface area contributed by atoms with Crippen LogP contribution in [0.3, 0.4) is 0 Å². The molecule has 0 radical (unpaired) electrons. The topological polar surface area (TPSA) is 107 Å². The number of para-hydroxylation sites is 1. The zero-order valence-electron chi connectivity index (χ0n) is 19.6. The predicted molar refractivity (Wildman–Crippen MR) is 134 cm³/mol. The first-order valence-corrected chi connectivity index (χ1v) is 11.2. The van der Waals surface area contributed by atoms with Gasteiger partial charge in [0.2, 0.25) is 0 Å². The number of hydrogen-bond acceptors (Lipinski definition) is 7. The molecule has 35 heavy (non-hydrogen) atoms. The lowest BCUT2D eigenvalue weighted by molar-refractivity contribution is 0.100. The predicted octanol–water partition coefficient (Wildman–Crippen LogP) is 5.81. The number of methoxy groups -OCH3 is 1. The number of fused-ring (bicyclic) bond motifs is 4. The Balaban J connectivity index is 1.74. The van der Waals surface area contributed by atoms with Crippen LogP contribution in [0.2, 0.25) is 0 Å². The van der Waals surface area contributed by atoms with Crippen molar-refractivity contribution in [3.05, 3.63) is 65.9 Å². The molecule has 6 rings (SSSR count). The maximum Gasteiger partial charge on any atom is 0.198 e. The van der Waals surface area contributed by atoms with Crippen LogP contribution in [0.15, 0.2) is 53.2 Å². The number of nitrogens with one attached hydrogen (secondary N) is 1. The van der Waals surface area contributed by atoms with Crippen LogP contribution in [0.25, 0.3) is 55.2 Å². The number of rotatable bonds is 4. The molecule has 8 nitrogen and oxygen atoms in total. The number of carbonyl (C=O) groups is 1. The van der Waals surface area contributed by atoms with Crippen molar-refractivity contribution in [2.45, 2.75) is 20.8 Å². The van der Waals surface area contributed by atoms with E-state index in [2.05, 4.69) is 20.1 Å². The van der Waals surface area contributed by atoms with Crippen molar-refractivity contribution in [3.8, 4) is 28.1 Å². The fraction of sp³-hybridized carbons (Fsp3) is 0.148. The molecule has 0 aliphatic carbocycles. The Morgan fingerprint density at radius 3 is 2.60 bits per heavy atom. The third-order valence-electron chi connectivity index (χ3n) is 6.29. The highest BCUT2D eigenvalue weighted by molar-refractivity contribution is 6.16. The Labute approximate surface area is 200 Å². The third kappa shape index (κ3) is 3.18. The van der Waals surface area contributed by atoms with E-state index in [1.807, 2.05) is 56.3 Å². The summed E-state index contributed by atoms with van der Waals surface area (Å²) < 4.78 is 11.2. The summed E-state index contributed by atoms with van der Waals surface area (Å²) in [5, 5.41) is 6.74. The number of aryl methyl sites for hydroxylation is 2. The van der Waals surface area contributed by atoms with Crippen LogP contribution in [0.1, 0.15) is 29.0 Å². The molecular formula is C27H21N5O3. The van der Waals surface area contributed by atoms with Gasteiger partial charge in [-0.3, -0.25) is 9.78 Å². The molecule has 0 unspecified atom stereocenters. The minimum atomic E-state index is -0.209. The SMILES string of the molecule is COc1cc2c(cc1-c1c(C)noc1C)[nH]c1nc(C(C)=O)nc(-c3ccnc4ccccc34)c12. The van der Waals surface area contributed by atoms with E-state index in [-0.39, 0.29) is 11.6 Å². The van der Waals surface area contributed by atoms with Crippen LogP contribution in [0.4, 0.5) is 0 Å². The van der Waals surface area contributed by atoms with Crippen molar-refractivity contribution in [2.75, 3.05) is 7.11 Å². The molecule has 0 spiro atoms. The molecule has 4 heterocycles. The normalized spacial score (nSPS) is 11.5. The number of hydrogen-bond donors (Lipinski definition) is 1. The van der Waals surface area contributed by atoms with Gasteiger partial charge in [0, 0.05) is 40.5 Å². The number of ketones is 1. The van der Waals surface area contributed by atoms with Gasteiger partial charge in [-0.2, -0.15) is 0 Å². The van der Waals surface area contributed by atoms with Gasteiger partial charge < -0.3 is 14.2 Å². The summed E-state index contributed by atoms with van der Waals surface area (Å²) >= 11 is 0. The van der Waals surface area contributed by atoms with E-state index in [1.54, 1.807) is 13.3 Å². The second kappa shape index (κ2) is 7.73. The average Bonchev–Trinajstić information content (AvgIpc) is 3.40. The second-order valence-corrected chi connectivity index (χ2v) is 8.47. The minimum absolute atomic E-state index is 0.151. The minimum Gasteiger partial charge on any atom is -0.496 e. The number of pyridine rings is 1. The zero-order chi connectivity index (χ0) is 24.3. The molecule has 172 valence electrons. The summed E-state index contributed by atoms with van der Waals surface area (Å²) in [4.78, 5) is 29.5. The summed E-state index contributed by atoms with van der Waals surface area (Å²) in [5.41, 5.74) is 6.33. The largest absolute Gasteiger partial charge is 0.496 e. The number of aromatic nitrogens is 5. The molecular weight excluding hydrogens is 442 g/mol. The van der Waals surface area contributed by atoms with Gasteiger partial charge in [0.1, 0.15) is 17.2 Å². The second-order valence-electron chi connectivity index (χ2n) is 8.47. The lowest BCUT2D eigenvalue weighted by atomic mass is 9.99. The van der Waals surface area contributed by atoms with E-state index >= 15 is 0 Å². The fourth-order valence-electron chi connectivity index (χ4n) is 4.71. The maximum atomic E-state index is 12.3. The quantitative estimate of drug-likeness (QED) is 0.329. The molecule has 8 heteroatoms. The van der Waals surface area contributed by atoms with Crippen LogP contribution >= 0.6 is 0 Å². The smallest absolute Gasteiger partial charge is 0.198 e. The van der Waals surface area contributed by atoms with Crippen molar-refractivity contribution < 1.29 is 14.1 Å². The summed E-state index contributed by atoms with van der Waals surface area (Å²) in [7, 11) is 1.64. The molecule has 0 aliphatic heterocycles. The van der Waals surface area contributed by atoms with Gasteiger partial charge >= 0.3 is 0 Å². The monoisotopic (exact) mass is 463 g/mol. The Morgan fingerprint density at radius 1 is 1.03 bits per heavy atom. The van der Waals surface area contributed by atoms with Gasteiger partial charge in [0.15, 0.2) is 11.6 Å². The molecule has 0 atom stereocenters. The molecule has 6 aromatic rings. The van der Waals surface area contributed by atoms with Gasteiger partial charge in [-0.25, -0.2) is 9.97 Å². The lowest BCUT2D eigenvalue weighted by Crippen LogP contribution is -2.03. The van der Waals surface area contributed by atoms with E-state index in [4.69, 9.17) is 14.2 Å². The molecule has 0 aliphatic rings. The Hall–Kier alpha value is -4.59. The van der Waals surface area contributed by atoms with Crippen LogP contribution in [0.5, 0.6) is 5.75 Å². The molecule has 0 saturated carbocycles. The summed E-state index contributed by atoms with van der Waals surface area (Å²) in [6.45, 7) is 5.25. The van der Waals surface area contributed by atoms with Crippen molar-refractivity contribution in [1.82, 2.24) is 25.1 Å². The van der Waals surface area contributed by atoms with Crippen molar-refractivity contribution in [2.24, 2.45) is 0 Å². The van der Waals surface area contributed by atoms with Gasteiger partial charge in [0.05, 0.1) is 35.0 Å². The molecule has 0 saturated heterocycles. The maximum absolute atomic E-state index is 12.3. The summed E-state index contributed by atoms with van der Waals surface area (Å²) in [6.07, 6.45) is 1.75. The fourth-order valence-corrected chi connectivity index (χ4v) is 4.71. The number of carbonyl (C=O) groups excluding carboxylic acids is 1. The molecule has 1 N–H and O–H groups in total. The molecule has 2 aromatic carbocycles.